The zero-order valence-electron chi connectivity index (χ0n) is 14.7. The van der Waals surface area contributed by atoms with Crippen LogP contribution in [0.3, 0.4) is 0 Å². The Balaban J connectivity index is 1.66. The van der Waals surface area contributed by atoms with Crippen LogP contribution in [0.4, 0.5) is 5.69 Å². The minimum Gasteiger partial charge on any atom is -0.472 e. The molecule has 0 spiro atoms. The molecule has 3 N–H and O–H groups in total. The Morgan fingerprint density at radius 3 is 2.75 bits per heavy atom. The van der Waals surface area contributed by atoms with Crippen LogP contribution >= 0.6 is 27.5 Å². The lowest BCUT2D eigenvalue weighted by Gasteiger charge is -2.15. The second-order valence-electron chi connectivity index (χ2n) is 6.06. The molecular formula is C19H18BrClN4O3. The summed E-state index contributed by atoms with van der Waals surface area (Å²) in [4.78, 5) is 15.9. The number of hydrogen-bond acceptors (Lipinski definition) is 6. The molecule has 0 saturated carbocycles. The van der Waals surface area contributed by atoms with Crippen molar-refractivity contribution in [2.45, 2.75) is 19.1 Å². The maximum absolute atomic E-state index is 11.9. The lowest BCUT2D eigenvalue weighted by Crippen LogP contribution is -2.22. The van der Waals surface area contributed by atoms with Crippen molar-refractivity contribution in [3.8, 4) is 5.88 Å². The Bertz CT molecular complexity index is 967. The maximum atomic E-state index is 11.9. The van der Waals surface area contributed by atoms with Crippen molar-refractivity contribution in [2.24, 2.45) is 0 Å². The standard InChI is InChI=1S/C19H18BrClN4O3/c20-16-17(23-10-13-2-1-7-22-9-13)19(25-24-18(16)27)28-11-15(26)8-12-3-5-14(21)6-4-12/h1-7,9,15,26H,8,10-11H2,(H2,23,24,27). The number of halogens is 2. The highest BCUT2D eigenvalue weighted by Gasteiger charge is 2.15. The first kappa shape index (κ1) is 20.3. The molecule has 0 radical (unpaired) electrons. The molecule has 3 rings (SSSR count). The van der Waals surface area contributed by atoms with Gasteiger partial charge in [-0.15, -0.1) is 5.10 Å². The van der Waals surface area contributed by atoms with E-state index in [0.717, 1.165) is 11.1 Å². The SMILES string of the molecule is O=c1[nH]nc(OCC(O)Cc2ccc(Cl)cc2)c(NCc2cccnc2)c1Br. The average molecular weight is 466 g/mol. The van der Waals surface area contributed by atoms with Gasteiger partial charge < -0.3 is 15.2 Å². The van der Waals surface area contributed by atoms with Crippen molar-refractivity contribution >= 4 is 33.2 Å². The third kappa shape index (κ3) is 5.54. The Morgan fingerprint density at radius 2 is 2.04 bits per heavy atom. The number of nitrogens with one attached hydrogen (secondary N) is 2. The summed E-state index contributed by atoms with van der Waals surface area (Å²) in [6.07, 6.45) is 3.06. The number of aromatic nitrogens is 3. The number of rotatable bonds is 8. The van der Waals surface area contributed by atoms with Gasteiger partial charge in [0.2, 0.25) is 0 Å². The molecule has 7 nitrogen and oxygen atoms in total. The zero-order valence-corrected chi connectivity index (χ0v) is 17.1. The second-order valence-corrected chi connectivity index (χ2v) is 7.29. The number of benzene rings is 1. The fourth-order valence-electron chi connectivity index (χ4n) is 2.49. The van der Waals surface area contributed by atoms with Crippen LogP contribution in [-0.2, 0) is 13.0 Å². The number of pyridine rings is 1. The van der Waals surface area contributed by atoms with Crippen LogP contribution in [0.2, 0.25) is 5.02 Å². The molecule has 2 heterocycles. The third-order valence-corrected chi connectivity index (χ3v) is 4.89. The van der Waals surface area contributed by atoms with Crippen LogP contribution in [0.25, 0.3) is 0 Å². The number of aliphatic hydroxyl groups excluding tert-OH is 1. The molecule has 0 aliphatic carbocycles. The van der Waals surface area contributed by atoms with E-state index in [-0.39, 0.29) is 22.5 Å². The van der Waals surface area contributed by atoms with Gasteiger partial charge in [-0.2, -0.15) is 0 Å². The van der Waals surface area contributed by atoms with Crippen LogP contribution in [0.5, 0.6) is 5.88 Å². The smallest absolute Gasteiger partial charge is 0.280 e. The van der Waals surface area contributed by atoms with Gasteiger partial charge in [0.15, 0.2) is 0 Å². The molecule has 28 heavy (non-hydrogen) atoms. The van der Waals surface area contributed by atoms with Gasteiger partial charge in [0, 0.05) is 30.4 Å². The van der Waals surface area contributed by atoms with E-state index >= 15 is 0 Å². The van der Waals surface area contributed by atoms with Crippen LogP contribution < -0.4 is 15.6 Å². The molecule has 1 atom stereocenters. The fraction of sp³-hybridized carbons (Fsp3) is 0.211. The fourth-order valence-corrected chi connectivity index (χ4v) is 3.02. The molecule has 146 valence electrons. The highest BCUT2D eigenvalue weighted by molar-refractivity contribution is 9.10. The Labute approximate surface area is 174 Å². The first-order chi connectivity index (χ1) is 13.5. The molecule has 0 saturated heterocycles. The first-order valence-corrected chi connectivity index (χ1v) is 9.66. The first-order valence-electron chi connectivity index (χ1n) is 8.49. The van der Waals surface area contributed by atoms with E-state index < -0.39 is 6.10 Å². The van der Waals surface area contributed by atoms with E-state index in [9.17, 15) is 9.90 Å². The van der Waals surface area contributed by atoms with Gasteiger partial charge >= 0.3 is 0 Å². The highest BCUT2D eigenvalue weighted by Crippen LogP contribution is 2.27. The molecule has 3 aromatic rings. The number of aromatic amines is 1. The van der Waals surface area contributed by atoms with Crippen molar-refractivity contribution in [1.29, 1.82) is 0 Å². The van der Waals surface area contributed by atoms with Crippen LogP contribution in [0.15, 0.2) is 58.1 Å². The van der Waals surface area contributed by atoms with Gasteiger partial charge in [0.1, 0.15) is 16.8 Å². The molecule has 0 fully saturated rings. The quantitative estimate of drug-likeness (QED) is 0.472. The van der Waals surface area contributed by atoms with Gasteiger partial charge in [0.05, 0.1) is 6.10 Å². The Hall–Kier alpha value is -2.42. The van der Waals surface area contributed by atoms with E-state index in [1.165, 1.54) is 0 Å². The van der Waals surface area contributed by atoms with Gasteiger partial charge in [-0.3, -0.25) is 9.78 Å². The van der Waals surface area contributed by atoms with Crippen molar-refractivity contribution in [3.63, 3.8) is 0 Å². The normalized spacial score (nSPS) is 11.8. The summed E-state index contributed by atoms with van der Waals surface area (Å²) in [7, 11) is 0. The largest absolute Gasteiger partial charge is 0.472 e. The number of nitrogens with zero attached hydrogens (tertiary/aromatic N) is 2. The Morgan fingerprint density at radius 1 is 1.25 bits per heavy atom. The number of anilines is 1. The van der Waals surface area contributed by atoms with Gasteiger partial charge in [-0.25, -0.2) is 5.10 Å². The summed E-state index contributed by atoms with van der Waals surface area (Å²) in [5.41, 5.74) is 1.89. The second kappa shape index (κ2) is 9.68. The molecule has 0 bridgehead atoms. The van der Waals surface area contributed by atoms with E-state index in [1.807, 2.05) is 24.3 Å². The number of H-pyrrole nitrogens is 1. The summed E-state index contributed by atoms with van der Waals surface area (Å²) in [5.74, 6) is 0.186. The predicted octanol–water partition coefficient (Wildman–Crippen LogP) is 3.18. The summed E-state index contributed by atoms with van der Waals surface area (Å²) < 4.78 is 5.93. The van der Waals surface area contributed by atoms with Crippen molar-refractivity contribution in [1.82, 2.24) is 15.2 Å². The number of hydrogen-bond donors (Lipinski definition) is 3. The number of ether oxygens (including phenoxy) is 1. The minimum atomic E-state index is -0.750. The average Bonchev–Trinajstić information content (AvgIpc) is 2.70. The van der Waals surface area contributed by atoms with Gasteiger partial charge in [-0.05, 0) is 45.3 Å². The van der Waals surface area contributed by atoms with Crippen LogP contribution in [0, 0.1) is 0 Å². The zero-order chi connectivity index (χ0) is 19.9. The summed E-state index contributed by atoms with van der Waals surface area (Å²) in [6.45, 7) is 0.441. The van der Waals surface area contributed by atoms with Crippen molar-refractivity contribution in [2.75, 3.05) is 11.9 Å². The molecule has 0 amide bonds. The van der Waals surface area contributed by atoms with Crippen molar-refractivity contribution in [3.05, 3.63) is 79.8 Å². The molecular weight excluding hydrogens is 448 g/mol. The summed E-state index contributed by atoms with van der Waals surface area (Å²) in [6, 6.07) is 11.0. The highest BCUT2D eigenvalue weighted by atomic mass is 79.9. The lowest BCUT2D eigenvalue weighted by atomic mass is 10.1. The molecule has 0 aliphatic rings. The van der Waals surface area contributed by atoms with Crippen molar-refractivity contribution < 1.29 is 9.84 Å². The predicted molar refractivity (Wildman–Crippen MR) is 111 cm³/mol. The molecule has 0 aliphatic heterocycles. The maximum Gasteiger partial charge on any atom is 0.280 e. The Kier molecular flexibility index (Phi) is 7.02. The molecule has 2 aromatic heterocycles. The van der Waals surface area contributed by atoms with Gasteiger partial charge in [-0.1, -0.05) is 29.8 Å². The van der Waals surface area contributed by atoms with Crippen LogP contribution in [-0.4, -0.2) is 33.0 Å². The topological polar surface area (TPSA) is 100 Å². The minimum absolute atomic E-state index is 0.00961. The number of aliphatic hydroxyl groups is 1. The van der Waals surface area contributed by atoms with E-state index in [1.54, 1.807) is 24.5 Å². The van der Waals surface area contributed by atoms with E-state index in [4.69, 9.17) is 16.3 Å². The van der Waals surface area contributed by atoms with Crippen LogP contribution in [0.1, 0.15) is 11.1 Å². The molecule has 1 aromatic carbocycles. The van der Waals surface area contributed by atoms with E-state index in [0.29, 0.717) is 23.7 Å². The summed E-state index contributed by atoms with van der Waals surface area (Å²) in [5, 5.41) is 20.3. The summed E-state index contributed by atoms with van der Waals surface area (Å²) >= 11 is 9.12. The van der Waals surface area contributed by atoms with E-state index in [2.05, 4.69) is 36.4 Å². The monoisotopic (exact) mass is 464 g/mol. The molecule has 9 heteroatoms. The third-order valence-electron chi connectivity index (χ3n) is 3.88. The molecule has 1 unspecified atom stereocenters. The lowest BCUT2D eigenvalue weighted by molar-refractivity contribution is 0.105. The van der Waals surface area contributed by atoms with Gasteiger partial charge in [0.25, 0.3) is 11.4 Å².